The van der Waals surface area contributed by atoms with Crippen molar-refractivity contribution in [2.75, 3.05) is 13.7 Å². The summed E-state index contributed by atoms with van der Waals surface area (Å²) in [5, 5.41) is 0. The Morgan fingerprint density at radius 1 is 1.35 bits per heavy atom. The van der Waals surface area contributed by atoms with Crippen molar-refractivity contribution < 1.29 is 9.53 Å². The van der Waals surface area contributed by atoms with E-state index >= 15 is 0 Å². The van der Waals surface area contributed by atoms with Gasteiger partial charge in [0.05, 0.1) is 7.11 Å². The Labute approximate surface area is 121 Å². The average molecular weight is 275 g/mol. The predicted octanol–water partition coefficient (Wildman–Crippen LogP) is 3.59. The maximum absolute atomic E-state index is 11.4. The number of ether oxygens (including phenoxy) is 1. The van der Waals surface area contributed by atoms with E-state index in [4.69, 9.17) is 4.74 Å². The van der Waals surface area contributed by atoms with Crippen LogP contribution in [0.15, 0.2) is 24.3 Å². The van der Waals surface area contributed by atoms with E-state index in [-0.39, 0.29) is 0 Å². The Bertz CT molecular complexity index is 433. The zero-order valence-electron chi connectivity index (χ0n) is 12.5. The molecule has 0 bridgehead atoms. The zero-order valence-corrected chi connectivity index (χ0v) is 12.5. The van der Waals surface area contributed by atoms with E-state index in [9.17, 15) is 4.79 Å². The zero-order chi connectivity index (χ0) is 14.4. The van der Waals surface area contributed by atoms with Crippen molar-refractivity contribution in [3.8, 4) is 5.75 Å². The Morgan fingerprint density at radius 3 is 2.85 bits per heavy atom. The number of benzene rings is 1. The summed E-state index contributed by atoms with van der Waals surface area (Å²) in [7, 11) is 1.70. The molecule has 0 aliphatic heterocycles. The molecule has 1 amide bonds. The lowest BCUT2D eigenvalue weighted by molar-refractivity contribution is -0.121. The van der Waals surface area contributed by atoms with E-state index in [1.54, 1.807) is 7.11 Å². The van der Waals surface area contributed by atoms with Crippen LogP contribution >= 0.6 is 0 Å². The Hall–Kier alpha value is -1.51. The number of methoxy groups -OCH3 is 1. The highest BCUT2D eigenvalue weighted by atomic mass is 16.5. The predicted molar refractivity (Wildman–Crippen MR) is 81.1 cm³/mol. The Morgan fingerprint density at radius 2 is 2.15 bits per heavy atom. The summed E-state index contributed by atoms with van der Waals surface area (Å²) in [4.78, 5) is 13.4. The topological polar surface area (TPSA) is 29.5 Å². The SMILES string of the molecule is CCCN(C=O)[C@@H]1CCCC[C@@H]1c1cccc(OC)c1. The molecule has 1 fully saturated rings. The lowest BCUT2D eigenvalue weighted by atomic mass is 9.79. The first kappa shape index (κ1) is 14.9. The normalized spacial score (nSPS) is 22.3. The number of carbonyl (C=O) groups excluding carboxylic acids is 1. The summed E-state index contributed by atoms with van der Waals surface area (Å²) in [6.45, 7) is 2.98. The van der Waals surface area contributed by atoms with Gasteiger partial charge in [0, 0.05) is 18.5 Å². The molecule has 3 nitrogen and oxygen atoms in total. The van der Waals surface area contributed by atoms with Gasteiger partial charge in [0.25, 0.3) is 0 Å². The van der Waals surface area contributed by atoms with Gasteiger partial charge in [-0.05, 0) is 37.0 Å². The van der Waals surface area contributed by atoms with Gasteiger partial charge >= 0.3 is 0 Å². The van der Waals surface area contributed by atoms with Crippen molar-refractivity contribution in [1.29, 1.82) is 0 Å². The fourth-order valence-electron chi connectivity index (χ4n) is 3.32. The average Bonchev–Trinajstić information content (AvgIpc) is 2.52. The molecule has 2 rings (SSSR count). The van der Waals surface area contributed by atoms with Crippen LogP contribution in [-0.2, 0) is 4.79 Å². The molecule has 2 atom stereocenters. The lowest BCUT2D eigenvalue weighted by Crippen LogP contribution is -2.41. The molecule has 3 heteroatoms. The van der Waals surface area contributed by atoms with Gasteiger partial charge in [-0.15, -0.1) is 0 Å². The van der Waals surface area contributed by atoms with Gasteiger partial charge in [-0.3, -0.25) is 4.79 Å². The molecule has 20 heavy (non-hydrogen) atoms. The number of carbonyl (C=O) groups is 1. The van der Waals surface area contributed by atoms with E-state index in [2.05, 4.69) is 19.1 Å². The second-order valence-corrected chi connectivity index (χ2v) is 5.58. The van der Waals surface area contributed by atoms with E-state index in [0.29, 0.717) is 12.0 Å². The molecule has 0 heterocycles. The summed E-state index contributed by atoms with van der Waals surface area (Å²) in [6.07, 6.45) is 6.79. The molecule has 1 aliphatic carbocycles. The van der Waals surface area contributed by atoms with E-state index in [0.717, 1.165) is 38.0 Å². The van der Waals surface area contributed by atoms with Gasteiger partial charge in [-0.1, -0.05) is 31.9 Å². The number of hydrogen-bond donors (Lipinski definition) is 0. The maximum atomic E-state index is 11.4. The molecular formula is C17H25NO2. The molecule has 0 radical (unpaired) electrons. The first-order chi connectivity index (χ1) is 9.80. The Balaban J connectivity index is 2.23. The minimum atomic E-state index is 0.341. The Kier molecular flexibility index (Phi) is 5.45. The highest BCUT2D eigenvalue weighted by molar-refractivity contribution is 5.48. The number of hydrogen-bond acceptors (Lipinski definition) is 2. The second-order valence-electron chi connectivity index (χ2n) is 5.58. The minimum absolute atomic E-state index is 0.341. The van der Waals surface area contributed by atoms with E-state index in [1.165, 1.54) is 18.4 Å². The molecule has 1 aromatic rings. The number of rotatable bonds is 6. The van der Waals surface area contributed by atoms with Gasteiger partial charge in [0.1, 0.15) is 5.75 Å². The van der Waals surface area contributed by atoms with Gasteiger partial charge in [-0.2, -0.15) is 0 Å². The monoisotopic (exact) mass is 275 g/mol. The van der Waals surface area contributed by atoms with E-state index < -0.39 is 0 Å². The van der Waals surface area contributed by atoms with Gasteiger partial charge in [-0.25, -0.2) is 0 Å². The maximum Gasteiger partial charge on any atom is 0.209 e. The number of amides is 1. The molecule has 0 saturated heterocycles. The van der Waals surface area contributed by atoms with Crippen LogP contribution in [0.3, 0.4) is 0 Å². The molecule has 0 N–H and O–H groups in total. The van der Waals surface area contributed by atoms with Gasteiger partial charge < -0.3 is 9.64 Å². The molecule has 1 aliphatic rings. The summed E-state index contributed by atoms with van der Waals surface area (Å²) in [5.41, 5.74) is 1.30. The van der Waals surface area contributed by atoms with Gasteiger partial charge in [0.15, 0.2) is 0 Å². The third-order valence-corrected chi connectivity index (χ3v) is 4.29. The second kappa shape index (κ2) is 7.32. The van der Waals surface area contributed by atoms with Crippen LogP contribution in [-0.4, -0.2) is 31.0 Å². The number of nitrogens with zero attached hydrogens (tertiary/aromatic N) is 1. The fourth-order valence-corrected chi connectivity index (χ4v) is 3.32. The van der Waals surface area contributed by atoms with Crippen LogP contribution in [0.25, 0.3) is 0 Å². The van der Waals surface area contributed by atoms with E-state index in [1.807, 2.05) is 17.0 Å². The first-order valence-corrected chi connectivity index (χ1v) is 7.65. The van der Waals surface area contributed by atoms with Crippen molar-refractivity contribution in [1.82, 2.24) is 4.90 Å². The first-order valence-electron chi connectivity index (χ1n) is 7.65. The summed E-state index contributed by atoms with van der Waals surface area (Å²) >= 11 is 0. The summed E-state index contributed by atoms with van der Waals surface area (Å²) < 4.78 is 5.33. The van der Waals surface area contributed by atoms with Crippen molar-refractivity contribution >= 4 is 6.41 Å². The molecule has 1 saturated carbocycles. The van der Waals surface area contributed by atoms with Crippen molar-refractivity contribution in [2.45, 2.75) is 51.0 Å². The smallest absolute Gasteiger partial charge is 0.209 e. The van der Waals surface area contributed by atoms with Crippen LogP contribution < -0.4 is 4.74 Å². The molecule has 110 valence electrons. The standard InChI is InChI=1S/C17H25NO2/c1-3-11-18(13-19)17-10-5-4-9-16(17)14-7-6-8-15(12-14)20-2/h6-8,12-13,16-17H,3-5,9-11H2,1-2H3/t16-,17-/m1/s1. The van der Waals surface area contributed by atoms with Crippen LogP contribution in [0, 0.1) is 0 Å². The van der Waals surface area contributed by atoms with Crippen LogP contribution in [0.2, 0.25) is 0 Å². The molecular weight excluding hydrogens is 250 g/mol. The van der Waals surface area contributed by atoms with Gasteiger partial charge in [0.2, 0.25) is 6.41 Å². The third kappa shape index (κ3) is 3.33. The lowest BCUT2D eigenvalue weighted by Gasteiger charge is -2.38. The van der Waals surface area contributed by atoms with Crippen LogP contribution in [0.4, 0.5) is 0 Å². The highest BCUT2D eigenvalue weighted by Gasteiger charge is 2.30. The minimum Gasteiger partial charge on any atom is -0.497 e. The summed E-state index contributed by atoms with van der Waals surface area (Å²) in [5.74, 6) is 1.34. The quantitative estimate of drug-likeness (QED) is 0.743. The molecule has 0 aromatic heterocycles. The van der Waals surface area contributed by atoms with Crippen molar-refractivity contribution in [2.24, 2.45) is 0 Å². The van der Waals surface area contributed by atoms with Crippen molar-refractivity contribution in [3.05, 3.63) is 29.8 Å². The molecule has 0 unspecified atom stereocenters. The highest BCUT2D eigenvalue weighted by Crippen LogP contribution is 2.36. The fraction of sp³-hybridized carbons (Fsp3) is 0.588. The summed E-state index contributed by atoms with van der Waals surface area (Å²) in [6, 6.07) is 8.65. The molecule has 1 aromatic carbocycles. The van der Waals surface area contributed by atoms with Crippen molar-refractivity contribution in [3.63, 3.8) is 0 Å². The van der Waals surface area contributed by atoms with Crippen LogP contribution in [0.5, 0.6) is 5.75 Å². The largest absolute Gasteiger partial charge is 0.497 e. The third-order valence-electron chi connectivity index (χ3n) is 4.29. The molecule has 0 spiro atoms. The van der Waals surface area contributed by atoms with Crippen LogP contribution in [0.1, 0.15) is 50.5 Å².